The van der Waals surface area contributed by atoms with Crippen molar-refractivity contribution in [3.63, 3.8) is 0 Å². The van der Waals surface area contributed by atoms with Crippen LogP contribution >= 0.6 is 0 Å². The summed E-state index contributed by atoms with van der Waals surface area (Å²) < 4.78 is 5.81. The molecular weight excluding hydrogens is 432 g/mol. The number of ether oxygens (including phenoxy) is 1. The van der Waals surface area contributed by atoms with Crippen molar-refractivity contribution in [3.8, 4) is 0 Å². The molecule has 4 aliphatic carbocycles. The van der Waals surface area contributed by atoms with Crippen LogP contribution in [0.25, 0.3) is 0 Å². The number of nitrogens with one attached hydrogen (secondary N) is 1. The van der Waals surface area contributed by atoms with Crippen LogP contribution in [0.15, 0.2) is 11.6 Å². The first-order valence-corrected chi connectivity index (χ1v) is 15.0. The average Bonchev–Trinajstić information content (AvgIpc) is 3.16. The summed E-state index contributed by atoms with van der Waals surface area (Å²) >= 11 is 0. The lowest BCUT2D eigenvalue weighted by molar-refractivity contribution is -0.0581. The summed E-state index contributed by atoms with van der Waals surface area (Å²) in [6.07, 6.45) is 17.4. The van der Waals surface area contributed by atoms with E-state index in [9.17, 15) is 4.79 Å². The first kappa shape index (κ1) is 27.0. The summed E-state index contributed by atoms with van der Waals surface area (Å²) in [6, 6.07) is 0. The van der Waals surface area contributed by atoms with Crippen molar-refractivity contribution >= 4 is 6.09 Å². The number of carbonyl (C=O) groups is 1. The van der Waals surface area contributed by atoms with Crippen molar-refractivity contribution in [2.75, 3.05) is 13.1 Å². The molecule has 0 spiro atoms. The third-order valence-electron chi connectivity index (χ3n) is 11.2. The summed E-state index contributed by atoms with van der Waals surface area (Å²) in [5.41, 5.74) is 7.97. The SMILES string of the molecule is CC(C)CCC[C@@H](C)[C@H]1CC[C@H]2[C@@H]3CC=C4C[C@@H](OC(=O)NCCCN)CC[C@]4(C)[C@H]3CC[C@]12C. The number of allylic oxidation sites excluding steroid dienone is 1. The fourth-order valence-corrected chi connectivity index (χ4v) is 9.24. The van der Waals surface area contributed by atoms with Gasteiger partial charge in [-0.05, 0) is 104 Å². The number of hydrogen-bond acceptors (Lipinski definition) is 3. The third-order valence-corrected chi connectivity index (χ3v) is 11.2. The maximum Gasteiger partial charge on any atom is 0.407 e. The molecule has 200 valence electrons. The zero-order valence-corrected chi connectivity index (χ0v) is 23.4. The van der Waals surface area contributed by atoms with Gasteiger partial charge in [0, 0.05) is 13.0 Å². The Labute approximate surface area is 215 Å². The van der Waals surface area contributed by atoms with Gasteiger partial charge in [0.15, 0.2) is 0 Å². The highest BCUT2D eigenvalue weighted by atomic mass is 16.6. The molecule has 0 aliphatic heterocycles. The van der Waals surface area contributed by atoms with Crippen LogP contribution in [-0.4, -0.2) is 25.3 Å². The lowest BCUT2D eigenvalue weighted by Crippen LogP contribution is -2.51. The van der Waals surface area contributed by atoms with Gasteiger partial charge in [0.25, 0.3) is 0 Å². The van der Waals surface area contributed by atoms with Gasteiger partial charge in [-0.25, -0.2) is 4.79 Å². The molecule has 35 heavy (non-hydrogen) atoms. The third kappa shape index (κ3) is 5.48. The summed E-state index contributed by atoms with van der Waals surface area (Å²) in [5.74, 6) is 5.19. The molecule has 0 bridgehead atoms. The second kappa shape index (κ2) is 11.2. The summed E-state index contributed by atoms with van der Waals surface area (Å²) in [5, 5.41) is 2.86. The Morgan fingerprint density at radius 3 is 2.63 bits per heavy atom. The monoisotopic (exact) mass is 486 g/mol. The van der Waals surface area contributed by atoms with Gasteiger partial charge >= 0.3 is 6.09 Å². The first-order chi connectivity index (χ1) is 16.7. The molecule has 0 unspecified atom stereocenters. The van der Waals surface area contributed by atoms with Crippen LogP contribution in [0.3, 0.4) is 0 Å². The molecule has 4 nitrogen and oxygen atoms in total. The highest BCUT2D eigenvalue weighted by Gasteiger charge is 2.59. The van der Waals surface area contributed by atoms with Gasteiger partial charge in [-0.1, -0.05) is 65.5 Å². The number of carbonyl (C=O) groups excluding carboxylic acids is 1. The van der Waals surface area contributed by atoms with E-state index < -0.39 is 0 Å². The van der Waals surface area contributed by atoms with E-state index in [1.165, 1.54) is 57.8 Å². The molecule has 8 atom stereocenters. The minimum Gasteiger partial charge on any atom is -0.446 e. The van der Waals surface area contributed by atoms with E-state index in [0.29, 0.717) is 23.9 Å². The Hall–Kier alpha value is -1.03. The maximum absolute atomic E-state index is 12.2. The molecule has 0 heterocycles. The van der Waals surface area contributed by atoms with Gasteiger partial charge in [-0.2, -0.15) is 0 Å². The zero-order chi connectivity index (χ0) is 25.2. The largest absolute Gasteiger partial charge is 0.446 e. The summed E-state index contributed by atoms with van der Waals surface area (Å²) in [6.45, 7) is 13.7. The number of nitrogens with two attached hydrogens (primary N) is 1. The molecule has 0 saturated heterocycles. The van der Waals surface area contributed by atoms with Crippen LogP contribution in [0.2, 0.25) is 0 Å². The Bertz CT molecular complexity index is 763. The van der Waals surface area contributed by atoms with Crippen LogP contribution in [-0.2, 0) is 4.74 Å². The second-order valence-electron chi connectivity index (χ2n) is 13.6. The molecule has 3 fully saturated rings. The average molecular weight is 487 g/mol. The number of amides is 1. The van der Waals surface area contributed by atoms with Gasteiger partial charge in [-0.3, -0.25) is 0 Å². The molecule has 3 saturated carbocycles. The predicted molar refractivity (Wildman–Crippen MR) is 145 cm³/mol. The quantitative estimate of drug-likeness (QED) is 0.262. The minimum absolute atomic E-state index is 0.0279. The van der Waals surface area contributed by atoms with Crippen molar-refractivity contribution in [1.82, 2.24) is 5.32 Å². The molecular formula is C31H54N2O2. The van der Waals surface area contributed by atoms with Gasteiger partial charge in [0.05, 0.1) is 0 Å². The van der Waals surface area contributed by atoms with Crippen LogP contribution < -0.4 is 11.1 Å². The van der Waals surface area contributed by atoms with Gasteiger partial charge in [-0.15, -0.1) is 0 Å². The first-order valence-electron chi connectivity index (χ1n) is 15.0. The number of rotatable bonds is 9. The van der Waals surface area contributed by atoms with E-state index in [2.05, 4.69) is 46.0 Å². The van der Waals surface area contributed by atoms with Gasteiger partial charge in [0.2, 0.25) is 0 Å². The molecule has 4 heteroatoms. The molecule has 1 amide bonds. The van der Waals surface area contributed by atoms with E-state index in [-0.39, 0.29) is 12.2 Å². The summed E-state index contributed by atoms with van der Waals surface area (Å²) in [7, 11) is 0. The standard InChI is InChI=1S/C31H54N2O2/c1-21(2)8-6-9-22(3)26-12-13-27-25-11-10-23-20-24(35-29(34)33-19-7-18-32)14-16-30(23,4)28(25)15-17-31(26,27)5/h10,21-22,24-28H,6-9,11-20,32H2,1-5H3,(H,33,34)/t22-,24+,25+,26-,27+,28+,30+,31-/m1/s1. The Morgan fingerprint density at radius 2 is 1.89 bits per heavy atom. The normalized spacial score (nSPS) is 39.3. The van der Waals surface area contributed by atoms with Crippen LogP contribution in [0.4, 0.5) is 4.79 Å². The van der Waals surface area contributed by atoms with E-state index in [4.69, 9.17) is 10.5 Å². The number of hydrogen-bond donors (Lipinski definition) is 2. The van der Waals surface area contributed by atoms with Crippen LogP contribution in [0.1, 0.15) is 112 Å². The van der Waals surface area contributed by atoms with E-state index in [1.54, 1.807) is 5.57 Å². The van der Waals surface area contributed by atoms with Gasteiger partial charge < -0.3 is 15.8 Å². The smallest absolute Gasteiger partial charge is 0.407 e. The molecule has 3 N–H and O–H groups in total. The number of fused-ring (bicyclic) bond motifs is 5. The van der Waals surface area contributed by atoms with Gasteiger partial charge in [0.1, 0.15) is 6.10 Å². The molecule has 4 aliphatic rings. The predicted octanol–water partition coefficient (Wildman–Crippen LogP) is 7.47. The number of alkyl carbamates (subject to hydrolysis) is 1. The van der Waals surface area contributed by atoms with Crippen molar-refractivity contribution in [1.29, 1.82) is 0 Å². The van der Waals surface area contributed by atoms with Crippen molar-refractivity contribution in [2.45, 2.75) is 118 Å². The highest BCUT2D eigenvalue weighted by molar-refractivity contribution is 5.67. The van der Waals surface area contributed by atoms with Crippen molar-refractivity contribution < 1.29 is 9.53 Å². The molecule has 0 aromatic carbocycles. The van der Waals surface area contributed by atoms with E-state index in [1.807, 2.05) is 0 Å². The van der Waals surface area contributed by atoms with Crippen molar-refractivity contribution in [2.24, 2.45) is 52.1 Å². The lowest BCUT2D eigenvalue weighted by atomic mass is 9.47. The summed E-state index contributed by atoms with van der Waals surface area (Å²) in [4.78, 5) is 12.2. The highest BCUT2D eigenvalue weighted by Crippen LogP contribution is 2.67. The minimum atomic E-state index is -0.269. The van der Waals surface area contributed by atoms with Crippen LogP contribution in [0.5, 0.6) is 0 Å². The fraction of sp³-hybridized carbons (Fsp3) is 0.903. The van der Waals surface area contributed by atoms with Crippen LogP contribution in [0, 0.1) is 46.3 Å². The Balaban J connectivity index is 1.39. The molecule has 0 radical (unpaired) electrons. The fourth-order valence-electron chi connectivity index (χ4n) is 9.24. The maximum atomic E-state index is 12.2. The zero-order valence-electron chi connectivity index (χ0n) is 23.4. The Kier molecular flexibility index (Phi) is 8.61. The molecule has 0 aromatic rings. The Morgan fingerprint density at radius 1 is 1.09 bits per heavy atom. The topological polar surface area (TPSA) is 64.3 Å². The molecule has 0 aromatic heterocycles. The molecule has 4 rings (SSSR count). The van der Waals surface area contributed by atoms with E-state index in [0.717, 1.165) is 54.8 Å². The lowest BCUT2D eigenvalue weighted by Gasteiger charge is -2.58. The second-order valence-corrected chi connectivity index (χ2v) is 13.6. The van der Waals surface area contributed by atoms with Crippen molar-refractivity contribution in [3.05, 3.63) is 11.6 Å². The van der Waals surface area contributed by atoms with E-state index >= 15 is 0 Å².